The van der Waals surface area contributed by atoms with Gasteiger partial charge in [0.15, 0.2) is 17.5 Å². The number of aromatic nitrogens is 3. The van der Waals surface area contributed by atoms with Gasteiger partial charge in [0, 0.05) is 56.8 Å². The maximum absolute atomic E-state index is 13.6. The van der Waals surface area contributed by atoms with Crippen molar-refractivity contribution in [3.63, 3.8) is 0 Å². The standard InChI is InChI=1S/C29H26F2N6O2/c30-24-8-6-20(16-25(24)31)10-11-34-12-14-35(15-13-34)29-28-27(32-19-33-29)23-17-22(37(38)39)7-9-26(23)36(28)18-21-4-2-1-3-5-21/h1-9,16-17,19H,10-15,18H2. The number of nitro groups is 1. The summed E-state index contributed by atoms with van der Waals surface area (Å²) in [5, 5.41) is 12.2. The van der Waals surface area contributed by atoms with E-state index in [9.17, 15) is 18.9 Å². The van der Waals surface area contributed by atoms with E-state index in [2.05, 4.69) is 36.5 Å². The lowest BCUT2D eigenvalue weighted by molar-refractivity contribution is -0.384. The van der Waals surface area contributed by atoms with E-state index in [1.54, 1.807) is 18.2 Å². The SMILES string of the molecule is O=[N+]([O-])c1ccc2c(c1)c1ncnc(N3CCN(CCc4ccc(F)c(F)c4)CC3)c1n2Cc1ccccc1. The zero-order valence-electron chi connectivity index (χ0n) is 21.1. The molecule has 198 valence electrons. The summed E-state index contributed by atoms with van der Waals surface area (Å²) in [5.74, 6) is -0.848. The van der Waals surface area contributed by atoms with Crippen molar-refractivity contribution in [2.24, 2.45) is 0 Å². The van der Waals surface area contributed by atoms with Crippen molar-refractivity contribution in [2.75, 3.05) is 37.6 Å². The molecule has 6 rings (SSSR count). The molecule has 39 heavy (non-hydrogen) atoms. The van der Waals surface area contributed by atoms with Crippen molar-refractivity contribution >= 4 is 33.4 Å². The van der Waals surface area contributed by atoms with Gasteiger partial charge in [0.2, 0.25) is 0 Å². The van der Waals surface area contributed by atoms with Crippen molar-refractivity contribution in [3.05, 3.63) is 106 Å². The van der Waals surface area contributed by atoms with Gasteiger partial charge in [0.05, 0.1) is 10.4 Å². The van der Waals surface area contributed by atoms with E-state index in [-0.39, 0.29) is 10.6 Å². The summed E-state index contributed by atoms with van der Waals surface area (Å²) in [7, 11) is 0. The van der Waals surface area contributed by atoms with Crippen molar-refractivity contribution in [2.45, 2.75) is 13.0 Å². The summed E-state index contributed by atoms with van der Waals surface area (Å²) in [6.07, 6.45) is 2.16. The van der Waals surface area contributed by atoms with Gasteiger partial charge in [-0.2, -0.15) is 0 Å². The van der Waals surface area contributed by atoms with E-state index in [1.165, 1.54) is 24.5 Å². The highest BCUT2D eigenvalue weighted by Gasteiger charge is 2.24. The Balaban J connectivity index is 1.30. The Hall–Kier alpha value is -4.44. The smallest absolute Gasteiger partial charge is 0.270 e. The first-order chi connectivity index (χ1) is 19.0. The fourth-order valence-electron chi connectivity index (χ4n) is 5.33. The van der Waals surface area contributed by atoms with Crippen LogP contribution in [0.25, 0.3) is 21.9 Å². The number of nitro benzene ring substituents is 1. The molecule has 5 aromatic rings. The molecule has 1 fully saturated rings. The Kier molecular flexibility index (Phi) is 6.62. The van der Waals surface area contributed by atoms with Gasteiger partial charge in [-0.25, -0.2) is 18.7 Å². The molecule has 3 heterocycles. The molecule has 1 aliphatic rings. The summed E-state index contributed by atoms with van der Waals surface area (Å²) in [6, 6.07) is 19.0. The number of benzene rings is 3. The molecule has 0 radical (unpaired) electrons. The van der Waals surface area contributed by atoms with Gasteiger partial charge >= 0.3 is 0 Å². The van der Waals surface area contributed by atoms with Gasteiger partial charge < -0.3 is 9.47 Å². The molecule has 8 nitrogen and oxygen atoms in total. The van der Waals surface area contributed by atoms with Gasteiger partial charge in [-0.15, -0.1) is 0 Å². The van der Waals surface area contributed by atoms with Crippen LogP contribution in [0.15, 0.2) is 73.1 Å². The Morgan fingerprint density at radius 1 is 0.872 bits per heavy atom. The van der Waals surface area contributed by atoms with Crippen molar-refractivity contribution in [1.29, 1.82) is 0 Å². The van der Waals surface area contributed by atoms with E-state index >= 15 is 0 Å². The molecular weight excluding hydrogens is 502 g/mol. The molecule has 0 aliphatic carbocycles. The first kappa shape index (κ1) is 24.9. The third kappa shape index (κ3) is 4.90. The number of halogens is 2. The van der Waals surface area contributed by atoms with Crippen LogP contribution in [0.5, 0.6) is 0 Å². The Bertz CT molecular complexity index is 1670. The number of rotatable bonds is 7. The molecular formula is C29H26F2N6O2. The third-order valence-electron chi connectivity index (χ3n) is 7.37. The predicted octanol–water partition coefficient (Wildman–Crippen LogP) is 5.18. The van der Waals surface area contributed by atoms with Gasteiger partial charge in [0.1, 0.15) is 17.4 Å². The Labute approximate surface area is 223 Å². The minimum absolute atomic E-state index is 0.0241. The zero-order valence-corrected chi connectivity index (χ0v) is 21.1. The average molecular weight is 529 g/mol. The highest BCUT2D eigenvalue weighted by molar-refractivity contribution is 6.09. The van der Waals surface area contributed by atoms with Crippen LogP contribution < -0.4 is 4.90 Å². The minimum Gasteiger partial charge on any atom is -0.352 e. The van der Waals surface area contributed by atoms with Crippen LogP contribution in [0.1, 0.15) is 11.1 Å². The summed E-state index contributed by atoms with van der Waals surface area (Å²) >= 11 is 0. The number of hydrogen-bond donors (Lipinski definition) is 0. The number of hydrogen-bond acceptors (Lipinski definition) is 6. The molecule has 1 saturated heterocycles. The number of anilines is 1. The van der Waals surface area contributed by atoms with Crippen molar-refractivity contribution in [1.82, 2.24) is 19.4 Å². The van der Waals surface area contributed by atoms with E-state index in [4.69, 9.17) is 0 Å². The second-order valence-corrected chi connectivity index (χ2v) is 9.75. The summed E-state index contributed by atoms with van der Waals surface area (Å²) in [5.41, 5.74) is 4.31. The minimum atomic E-state index is -0.831. The van der Waals surface area contributed by atoms with Crippen LogP contribution in [0.4, 0.5) is 20.3 Å². The normalized spacial score (nSPS) is 14.4. The zero-order chi connectivity index (χ0) is 26.9. The Morgan fingerprint density at radius 2 is 1.67 bits per heavy atom. The van der Waals surface area contributed by atoms with Crippen LogP contribution in [0.2, 0.25) is 0 Å². The van der Waals surface area contributed by atoms with E-state index in [0.29, 0.717) is 18.5 Å². The highest BCUT2D eigenvalue weighted by Crippen LogP contribution is 2.35. The van der Waals surface area contributed by atoms with Crippen LogP contribution in [-0.4, -0.2) is 57.1 Å². The molecule has 0 spiro atoms. The maximum atomic E-state index is 13.6. The van der Waals surface area contributed by atoms with Crippen LogP contribution in [-0.2, 0) is 13.0 Å². The van der Waals surface area contributed by atoms with Gasteiger partial charge in [-0.1, -0.05) is 36.4 Å². The van der Waals surface area contributed by atoms with E-state index < -0.39 is 11.6 Å². The summed E-state index contributed by atoms with van der Waals surface area (Å²) in [6.45, 7) is 4.37. The predicted molar refractivity (Wildman–Crippen MR) is 146 cm³/mol. The average Bonchev–Trinajstić information content (AvgIpc) is 3.27. The third-order valence-corrected chi connectivity index (χ3v) is 7.37. The van der Waals surface area contributed by atoms with E-state index in [0.717, 1.165) is 66.1 Å². The monoisotopic (exact) mass is 528 g/mol. The first-order valence-electron chi connectivity index (χ1n) is 12.8. The van der Waals surface area contributed by atoms with Crippen molar-refractivity contribution < 1.29 is 13.7 Å². The maximum Gasteiger partial charge on any atom is 0.270 e. The fourth-order valence-corrected chi connectivity index (χ4v) is 5.33. The lowest BCUT2D eigenvalue weighted by Gasteiger charge is -2.35. The highest BCUT2D eigenvalue weighted by atomic mass is 19.2. The topological polar surface area (TPSA) is 80.3 Å². The second kappa shape index (κ2) is 10.4. The first-order valence-corrected chi connectivity index (χ1v) is 12.8. The van der Waals surface area contributed by atoms with Crippen LogP contribution in [0, 0.1) is 21.7 Å². The molecule has 0 N–H and O–H groups in total. The Morgan fingerprint density at radius 3 is 2.41 bits per heavy atom. The van der Waals surface area contributed by atoms with Gasteiger partial charge in [-0.05, 0) is 35.7 Å². The molecule has 10 heteroatoms. The lowest BCUT2D eigenvalue weighted by atomic mass is 10.1. The molecule has 3 aromatic carbocycles. The quantitative estimate of drug-likeness (QED) is 0.214. The summed E-state index contributed by atoms with van der Waals surface area (Å²) in [4.78, 5) is 24.9. The number of piperazine rings is 1. The fraction of sp³-hybridized carbons (Fsp3) is 0.241. The van der Waals surface area contributed by atoms with Gasteiger partial charge in [-0.3, -0.25) is 15.0 Å². The summed E-state index contributed by atoms with van der Waals surface area (Å²) < 4.78 is 29.0. The molecule has 0 bridgehead atoms. The van der Waals surface area contributed by atoms with E-state index in [1.807, 2.05) is 18.2 Å². The largest absolute Gasteiger partial charge is 0.352 e. The van der Waals surface area contributed by atoms with Crippen molar-refractivity contribution in [3.8, 4) is 0 Å². The van der Waals surface area contributed by atoms with Gasteiger partial charge in [0.25, 0.3) is 5.69 Å². The molecule has 0 amide bonds. The number of fused-ring (bicyclic) bond motifs is 3. The lowest BCUT2D eigenvalue weighted by Crippen LogP contribution is -2.47. The molecule has 0 saturated carbocycles. The number of nitrogens with zero attached hydrogens (tertiary/aromatic N) is 6. The van der Waals surface area contributed by atoms with Crippen LogP contribution >= 0.6 is 0 Å². The number of non-ortho nitro benzene ring substituents is 1. The van der Waals surface area contributed by atoms with Crippen LogP contribution in [0.3, 0.4) is 0 Å². The molecule has 1 aliphatic heterocycles. The second-order valence-electron chi connectivity index (χ2n) is 9.75. The molecule has 0 atom stereocenters. The molecule has 2 aromatic heterocycles. The molecule has 0 unspecified atom stereocenters.